The average molecular weight is 430 g/mol. The number of Topliss-reactive ketones (excluding diaryl/α,β-unsaturated/α-hetero) is 1. The molecule has 0 N–H and O–H groups in total. The summed E-state index contributed by atoms with van der Waals surface area (Å²) in [6.45, 7) is 4.10. The molecule has 4 nitrogen and oxygen atoms in total. The Hall–Kier alpha value is -2.14. The normalized spacial score (nSPS) is 14.5. The van der Waals surface area contributed by atoms with E-state index in [1.807, 2.05) is 35.2 Å². The number of carbonyl (C=O) groups is 2. The summed E-state index contributed by atoms with van der Waals surface area (Å²) >= 11 is 3.36. The Labute approximate surface area is 168 Å². The van der Waals surface area contributed by atoms with Crippen molar-refractivity contribution in [3.63, 3.8) is 0 Å². The zero-order chi connectivity index (χ0) is 19.4. The van der Waals surface area contributed by atoms with Crippen molar-refractivity contribution in [2.45, 2.75) is 39.3 Å². The lowest BCUT2D eigenvalue weighted by Crippen LogP contribution is -2.42. The Bertz CT molecular complexity index is 818. The topological polar surface area (TPSA) is 46.6 Å². The molecule has 0 aliphatic heterocycles. The third-order valence-corrected chi connectivity index (χ3v) is 5.48. The molecule has 1 amide bonds. The van der Waals surface area contributed by atoms with Crippen molar-refractivity contribution < 1.29 is 14.3 Å². The first kappa shape index (κ1) is 19.6. The average Bonchev–Trinajstić information content (AvgIpc) is 3.50. The van der Waals surface area contributed by atoms with Crippen LogP contribution in [0.2, 0.25) is 0 Å². The number of hydrogen-bond acceptors (Lipinski definition) is 3. The van der Waals surface area contributed by atoms with Gasteiger partial charge in [0.25, 0.3) is 5.91 Å². The predicted octanol–water partition coefficient (Wildman–Crippen LogP) is 4.86. The molecule has 2 aromatic rings. The molecule has 0 heterocycles. The molecule has 0 radical (unpaired) electrons. The highest BCUT2D eigenvalue weighted by molar-refractivity contribution is 9.10. The summed E-state index contributed by atoms with van der Waals surface area (Å²) in [6, 6.07) is 15.4. The van der Waals surface area contributed by atoms with Crippen LogP contribution in [0.5, 0.6) is 5.75 Å². The first-order chi connectivity index (χ1) is 13.0. The summed E-state index contributed by atoms with van der Waals surface area (Å²) < 4.78 is 6.56. The van der Waals surface area contributed by atoms with Crippen molar-refractivity contribution in [3.05, 3.63) is 64.1 Å². The number of benzene rings is 2. The number of halogens is 1. The standard InChI is InChI=1S/C22H24BrNO3/c1-15(18-8-9-18)24(13-17-6-4-3-5-7-17)22(26)14-27-21-11-10-19(23)12-20(21)16(2)25/h3-7,10-12,15,18H,8-9,13-14H2,1-2H3. The van der Waals surface area contributed by atoms with Gasteiger partial charge in [0.1, 0.15) is 5.75 Å². The van der Waals surface area contributed by atoms with E-state index in [0.29, 0.717) is 23.8 Å². The van der Waals surface area contributed by atoms with Crippen LogP contribution < -0.4 is 4.74 Å². The predicted molar refractivity (Wildman–Crippen MR) is 109 cm³/mol. The highest BCUT2D eigenvalue weighted by atomic mass is 79.9. The summed E-state index contributed by atoms with van der Waals surface area (Å²) in [4.78, 5) is 26.7. The number of hydrogen-bond donors (Lipinski definition) is 0. The highest BCUT2D eigenvalue weighted by Gasteiger charge is 2.34. The molecule has 0 bridgehead atoms. The second-order valence-corrected chi connectivity index (χ2v) is 7.99. The van der Waals surface area contributed by atoms with Crippen molar-refractivity contribution in [1.82, 2.24) is 4.90 Å². The van der Waals surface area contributed by atoms with Crippen LogP contribution in [0.4, 0.5) is 0 Å². The van der Waals surface area contributed by atoms with Crippen LogP contribution in [-0.2, 0) is 11.3 Å². The lowest BCUT2D eigenvalue weighted by Gasteiger charge is -2.29. The third-order valence-electron chi connectivity index (χ3n) is 4.98. The van der Waals surface area contributed by atoms with Crippen LogP contribution in [0, 0.1) is 5.92 Å². The van der Waals surface area contributed by atoms with Gasteiger partial charge in [-0.1, -0.05) is 46.3 Å². The van der Waals surface area contributed by atoms with E-state index in [0.717, 1.165) is 10.0 Å². The van der Waals surface area contributed by atoms with Gasteiger partial charge >= 0.3 is 0 Å². The fourth-order valence-corrected chi connectivity index (χ4v) is 3.56. The van der Waals surface area contributed by atoms with Gasteiger partial charge in [-0.05, 0) is 56.4 Å². The van der Waals surface area contributed by atoms with Crippen LogP contribution in [0.1, 0.15) is 42.6 Å². The van der Waals surface area contributed by atoms with Gasteiger partial charge in [0.2, 0.25) is 0 Å². The maximum absolute atomic E-state index is 12.9. The van der Waals surface area contributed by atoms with Crippen molar-refractivity contribution in [2.75, 3.05) is 6.61 Å². The van der Waals surface area contributed by atoms with Crippen LogP contribution in [0.3, 0.4) is 0 Å². The molecule has 1 unspecified atom stereocenters. The molecule has 1 aliphatic rings. The van der Waals surface area contributed by atoms with Gasteiger partial charge in [0, 0.05) is 17.1 Å². The minimum atomic E-state index is -0.0914. The Morgan fingerprint density at radius 1 is 1.19 bits per heavy atom. The number of amides is 1. The fourth-order valence-electron chi connectivity index (χ4n) is 3.20. The minimum absolute atomic E-state index is 0.0596. The summed E-state index contributed by atoms with van der Waals surface area (Å²) in [7, 11) is 0. The fraction of sp³-hybridized carbons (Fsp3) is 0.364. The Morgan fingerprint density at radius 3 is 2.52 bits per heavy atom. The number of rotatable bonds is 8. The molecule has 0 saturated heterocycles. The van der Waals surface area contributed by atoms with Gasteiger partial charge in [0.15, 0.2) is 12.4 Å². The number of nitrogens with zero attached hydrogens (tertiary/aromatic N) is 1. The van der Waals surface area contributed by atoms with Crippen LogP contribution in [0.25, 0.3) is 0 Å². The van der Waals surface area contributed by atoms with Crippen LogP contribution in [-0.4, -0.2) is 29.2 Å². The van der Waals surface area contributed by atoms with Crippen LogP contribution >= 0.6 is 15.9 Å². The lowest BCUT2D eigenvalue weighted by atomic mass is 10.1. The van der Waals surface area contributed by atoms with E-state index in [1.54, 1.807) is 18.2 Å². The summed E-state index contributed by atoms with van der Waals surface area (Å²) in [5.74, 6) is 0.859. The van der Waals surface area contributed by atoms with Crippen molar-refractivity contribution >= 4 is 27.6 Å². The molecule has 1 saturated carbocycles. The Morgan fingerprint density at radius 2 is 1.89 bits per heavy atom. The monoisotopic (exact) mass is 429 g/mol. The molecular weight excluding hydrogens is 406 g/mol. The maximum atomic E-state index is 12.9. The molecule has 5 heteroatoms. The van der Waals surface area contributed by atoms with E-state index in [-0.39, 0.29) is 24.3 Å². The molecule has 27 heavy (non-hydrogen) atoms. The SMILES string of the molecule is CC(=O)c1cc(Br)ccc1OCC(=O)N(Cc1ccccc1)C(C)C1CC1. The lowest BCUT2D eigenvalue weighted by molar-refractivity contribution is -0.136. The number of carbonyl (C=O) groups excluding carboxylic acids is 2. The zero-order valence-corrected chi connectivity index (χ0v) is 17.2. The van der Waals surface area contributed by atoms with Crippen molar-refractivity contribution in [3.8, 4) is 5.75 Å². The first-order valence-corrected chi connectivity index (χ1v) is 10.0. The second-order valence-electron chi connectivity index (χ2n) is 7.07. The maximum Gasteiger partial charge on any atom is 0.261 e. The van der Waals surface area contributed by atoms with E-state index >= 15 is 0 Å². The summed E-state index contributed by atoms with van der Waals surface area (Å²) in [6.07, 6.45) is 2.34. The molecule has 0 spiro atoms. The number of ketones is 1. The molecule has 0 aromatic heterocycles. The van der Waals surface area contributed by atoms with Gasteiger partial charge in [0.05, 0.1) is 5.56 Å². The van der Waals surface area contributed by atoms with Crippen molar-refractivity contribution in [2.24, 2.45) is 5.92 Å². The zero-order valence-electron chi connectivity index (χ0n) is 15.7. The molecule has 142 valence electrons. The first-order valence-electron chi connectivity index (χ1n) is 9.22. The minimum Gasteiger partial charge on any atom is -0.483 e. The third kappa shape index (κ3) is 5.19. The van der Waals surface area contributed by atoms with Gasteiger partial charge < -0.3 is 9.64 Å². The summed E-state index contributed by atoms with van der Waals surface area (Å²) in [5, 5.41) is 0. The smallest absolute Gasteiger partial charge is 0.261 e. The number of ether oxygens (including phenoxy) is 1. The van der Waals surface area contributed by atoms with E-state index in [4.69, 9.17) is 4.74 Å². The van der Waals surface area contributed by atoms with E-state index < -0.39 is 0 Å². The second kappa shape index (κ2) is 8.70. The van der Waals surface area contributed by atoms with E-state index in [9.17, 15) is 9.59 Å². The quantitative estimate of drug-likeness (QED) is 0.562. The Balaban J connectivity index is 1.72. The molecule has 2 aromatic carbocycles. The molecular formula is C22H24BrNO3. The largest absolute Gasteiger partial charge is 0.483 e. The molecule has 1 fully saturated rings. The Kier molecular flexibility index (Phi) is 6.32. The van der Waals surface area contributed by atoms with E-state index in [1.165, 1.54) is 19.8 Å². The van der Waals surface area contributed by atoms with Gasteiger partial charge in [-0.3, -0.25) is 9.59 Å². The highest BCUT2D eigenvalue weighted by Crippen LogP contribution is 2.35. The molecule has 1 atom stereocenters. The van der Waals surface area contributed by atoms with Crippen molar-refractivity contribution in [1.29, 1.82) is 0 Å². The molecule has 1 aliphatic carbocycles. The van der Waals surface area contributed by atoms with Gasteiger partial charge in [-0.25, -0.2) is 0 Å². The van der Waals surface area contributed by atoms with Crippen LogP contribution in [0.15, 0.2) is 53.0 Å². The van der Waals surface area contributed by atoms with E-state index in [2.05, 4.69) is 22.9 Å². The van der Waals surface area contributed by atoms with Gasteiger partial charge in [-0.2, -0.15) is 0 Å². The van der Waals surface area contributed by atoms with Gasteiger partial charge in [-0.15, -0.1) is 0 Å². The molecule has 3 rings (SSSR count). The summed E-state index contributed by atoms with van der Waals surface area (Å²) in [5.41, 5.74) is 1.58.